The Hall–Kier alpha value is -0.570. The largest absolute Gasteiger partial charge is 0.348 e. The van der Waals surface area contributed by atoms with Gasteiger partial charge in [-0.2, -0.15) is 0 Å². The third-order valence-corrected chi connectivity index (χ3v) is 3.58. The van der Waals surface area contributed by atoms with E-state index in [1.54, 1.807) is 11.3 Å². The van der Waals surface area contributed by atoms with Crippen molar-refractivity contribution >= 4 is 16.5 Å². The van der Waals surface area contributed by atoms with Gasteiger partial charge < -0.3 is 4.90 Å². The second-order valence-corrected chi connectivity index (χ2v) is 4.30. The van der Waals surface area contributed by atoms with Crippen molar-refractivity contribution in [3.63, 3.8) is 0 Å². The Labute approximate surface area is 77.2 Å². The lowest BCUT2D eigenvalue weighted by Gasteiger charge is -2.34. The minimum atomic E-state index is 0.760. The number of anilines is 1. The number of thiazole rings is 1. The molecule has 0 atom stereocenters. The molecule has 0 unspecified atom stereocenters. The second-order valence-electron chi connectivity index (χ2n) is 3.47. The molecule has 1 aliphatic carbocycles. The van der Waals surface area contributed by atoms with Crippen molar-refractivity contribution < 1.29 is 0 Å². The monoisotopic (exact) mass is 182 g/mol. The van der Waals surface area contributed by atoms with E-state index in [1.807, 2.05) is 0 Å². The van der Waals surface area contributed by atoms with Crippen LogP contribution in [-0.4, -0.2) is 18.1 Å². The summed E-state index contributed by atoms with van der Waals surface area (Å²) in [6.45, 7) is 2.05. The third-order valence-electron chi connectivity index (χ3n) is 2.53. The molecule has 0 saturated heterocycles. The fraction of sp³-hybridized carbons (Fsp3) is 0.667. The SMILES string of the molecule is Cc1csc(N(C)C2CCC2)n1. The Balaban J connectivity index is 2.08. The number of hydrogen-bond acceptors (Lipinski definition) is 3. The summed E-state index contributed by atoms with van der Waals surface area (Å²) in [5.41, 5.74) is 1.14. The van der Waals surface area contributed by atoms with Crippen LogP contribution in [0.1, 0.15) is 25.0 Å². The molecule has 1 heterocycles. The molecule has 0 aliphatic heterocycles. The summed E-state index contributed by atoms with van der Waals surface area (Å²) in [5, 5.41) is 3.29. The molecule has 12 heavy (non-hydrogen) atoms. The highest BCUT2D eigenvalue weighted by Crippen LogP contribution is 2.29. The summed E-state index contributed by atoms with van der Waals surface area (Å²) in [6, 6.07) is 0.760. The van der Waals surface area contributed by atoms with Gasteiger partial charge in [0.15, 0.2) is 5.13 Å². The van der Waals surface area contributed by atoms with Crippen LogP contribution in [0.3, 0.4) is 0 Å². The predicted octanol–water partition coefficient (Wildman–Crippen LogP) is 2.44. The van der Waals surface area contributed by atoms with Crippen molar-refractivity contribution in [3.05, 3.63) is 11.1 Å². The molecule has 1 aliphatic rings. The minimum absolute atomic E-state index is 0.760. The Morgan fingerprint density at radius 3 is 2.75 bits per heavy atom. The fourth-order valence-electron chi connectivity index (χ4n) is 1.43. The molecule has 0 spiro atoms. The summed E-state index contributed by atoms with van der Waals surface area (Å²) in [6.07, 6.45) is 4.07. The number of aryl methyl sites for hydroxylation is 1. The van der Waals surface area contributed by atoms with E-state index in [9.17, 15) is 0 Å². The smallest absolute Gasteiger partial charge is 0.185 e. The molecule has 1 fully saturated rings. The van der Waals surface area contributed by atoms with Gasteiger partial charge in [0, 0.05) is 18.5 Å². The van der Waals surface area contributed by atoms with Gasteiger partial charge >= 0.3 is 0 Å². The van der Waals surface area contributed by atoms with E-state index in [0.717, 1.165) is 11.7 Å². The summed E-state index contributed by atoms with van der Waals surface area (Å²) < 4.78 is 0. The lowest BCUT2D eigenvalue weighted by molar-refractivity contribution is 0.401. The van der Waals surface area contributed by atoms with Crippen molar-refractivity contribution in [1.82, 2.24) is 4.98 Å². The van der Waals surface area contributed by atoms with Gasteiger partial charge in [0.25, 0.3) is 0 Å². The molecule has 0 bridgehead atoms. The van der Waals surface area contributed by atoms with Crippen molar-refractivity contribution in [1.29, 1.82) is 0 Å². The quantitative estimate of drug-likeness (QED) is 0.698. The second kappa shape index (κ2) is 3.05. The van der Waals surface area contributed by atoms with E-state index in [4.69, 9.17) is 0 Å². The van der Waals surface area contributed by atoms with Crippen molar-refractivity contribution in [2.75, 3.05) is 11.9 Å². The average molecular weight is 182 g/mol. The van der Waals surface area contributed by atoms with E-state index >= 15 is 0 Å². The number of aromatic nitrogens is 1. The van der Waals surface area contributed by atoms with Crippen LogP contribution in [0.5, 0.6) is 0 Å². The zero-order chi connectivity index (χ0) is 8.55. The first-order valence-corrected chi connectivity index (χ1v) is 5.30. The van der Waals surface area contributed by atoms with E-state index in [-0.39, 0.29) is 0 Å². The van der Waals surface area contributed by atoms with Gasteiger partial charge in [-0.3, -0.25) is 0 Å². The van der Waals surface area contributed by atoms with Crippen LogP contribution in [0.25, 0.3) is 0 Å². The maximum atomic E-state index is 4.46. The lowest BCUT2D eigenvalue weighted by atomic mass is 9.92. The minimum Gasteiger partial charge on any atom is -0.348 e. The molecule has 1 aromatic heterocycles. The topological polar surface area (TPSA) is 16.1 Å². The zero-order valence-electron chi connectivity index (χ0n) is 7.58. The molecule has 66 valence electrons. The van der Waals surface area contributed by atoms with Crippen molar-refractivity contribution in [3.8, 4) is 0 Å². The first kappa shape index (κ1) is 8.05. The Morgan fingerprint density at radius 2 is 2.33 bits per heavy atom. The molecular weight excluding hydrogens is 168 g/mol. The van der Waals surface area contributed by atoms with Gasteiger partial charge in [-0.15, -0.1) is 11.3 Å². The summed E-state index contributed by atoms with van der Waals surface area (Å²) >= 11 is 1.75. The van der Waals surface area contributed by atoms with Crippen LogP contribution in [0.2, 0.25) is 0 Å². The van der Waals surface area contributed by atoms with Crippen LogP contribution in [0.4, 0.5) is 5.13 Å². The van der Waals surface area contributed by atoms with Gasteiger partial charge in [-0.05, 0) is 26.2 Å². The van der Waals surface area contributed by atoms with Crippen LogP contribution in [-0.2, 0) is 0 Å². The van der Waals surface area contributed by atoms with E-state index < -0.39 is 0 Å². The standard InChI is InChI=1S/C9H14N2S/c1-7-6-12-9(10-7)11(2)8-4-3-5-8/h6,8H,3-5H2,1-2H3. The highest BCUT2D eigenvalue weighted by molar-refractivity contribution is 7.13. The molecule has 2 rings (SSSR count). The van der Waals surface area contributed by atoms with Crippen LogP contribution in [0.15, 0.2) is 5.38 Å². The Morgan fingerprint density at radius 1 is 1.58 bits per heavy atom. The highest BCUT2D eigenvalue weighted by Gasteiger charge is 2.23. The van der Waals surface area contributed by atoms with Crippen molar-refractivity contribution in [2.24, 2.45) is 0 Å². The van der Waals surface area contributed by atoms with Gasteiger partial charge in [0.2, 0.25) is 0 Å². The van der Waals surface area contributed by atoms with E-state index in [1.165, 1.54) is 24.4 Å². The summed E-state index contributed by atoms with van der Waals surface area (Å²) in [4.78, 5) is 6.78. The van der Waals surface area contributed by atoms with Crippen LogP contribution < -0.4 is 4.90 Å². The predicted molar refractivity (Wildman–Crippen MR) is 52.9 cm³/mol. The van der Waals surface area contributed by atoms with Crippen LogP contribution >= 0.6 is 11.3 Å². The molecule has 0 amide bonds. The average Bonchev–Trinajstić information content (AvgIpc) is 2.31. The Bertz CT molecular complexity index is 265. The molecule has 0 aromatic carbocycles. The third kappa shape index (κ3) is 1.33. The number of rotatable bonds is 2. The van der Waals surface area contributed by atoms with Gasteiger partial charge in [-0.25, -0.2) is 4.98 Å². The normalized spacial score (nSPS) is 17.5. The molecule has 1 saturated carbocycles. The first-order chi connectivity index (χ1) is 5.77. The fourth-order valence-corrected chi connectivity index (χ4v) is 2.27. The molecule has 1 aromatic rings. The summed E-state index contributed by atoms with van der Waals surface area (Å²) in [7, 11) is 2.15. The first-order valence-electron chi connectivity index (χ1n) is 4.42. The maximum Gasteiger partial charge on any atom is 0.185 e. The van der Waals surface area contributed by atoms with Crippen LogP contribution in [0, 0.1) is 6.92 Å². The number of nitrogens with zero attached hydrogens (tertiary/aromatic N) is 2. The van der Waals surface area contributed by atoms with Gasteiger partial charge in [0.05, 0.1) is 5.69 Å². The molecule has 3 heteroatoms. The zero-order valence-corrected chi connectivity index (χ0v) is 8.40. The van der Waals surface area contributed by atoms with Gasteiger partial charge in [0.1, 0.15) is 0 Å². The molecule has 0 radical (unpaired) electrons. The van der Waals surface area contributed by atoms with Crippen molar-refractivity contribution in [2.45, 2.75) is 32.2 Å². The van der Waals surface area contributed by atoms with E-state index in [0.29, 0.717) is 0 Å². The molecule has 2 nitrogen and oxygen atoms in total. The molecular formula is C9H14N2S. The Kier molecular flexibility index (Phi) is 2.05. The van der Waals surface area contributed by atoms with E-state index in [2.05, 4.69) is 29.2 Å². The maximum absolute atomic E-state index is 4.46. The highest BCUT2D eigenvalue weighted by atomic mass is 32.1. The molecule has 0 N–H and O–H groups in total. The summed E-state index contributed by atoms with van der Waals surface area (Å²) in [5.74, 6) is 0. The lowest BCUT2D eigenvalue weighted by Crippen LogP contribution is -2.36. The number of hydrogen-bond donors (Lipinski definition) is 0. The van der Waals surface area contributed by atoms with Gasteiger partial charge in [-0.1, -0.05) is 0 Å².